The van der Waals surface area contributed by atoms with Gasteiger partial charge in [-0.1, -0.05) is 20.8 Å². The highest BCUT2D eigenvalue weighted by atomic mass is 16.5. The molecule has 0 radical (unpaired) electrons. The van der Waals surface area contributed by atoms with Crippen LogP contribution >= 0.6 is 0 Å². The van der Waals surface area contributed by atoms with Crippen molar-refractivity contribution in [2.24, 2.45) is 5.92 Å². The Morgan fingerprint density at radius 1 is 1.50 bits per heavy atom. The standard InChI is InChI=1S/C9H19NO2/c1-5-8(6-10-4)12-9(11)7(2)3/h7-8,10H,5-6H2,1-4H3. The summed E-state index contributed by atoms with van der Waals surface area (Å²) in [6.45, 7) is 6.42. The molecule has 0 heterocycles. The molecule has 0 fully saturated rings. The van der Waals surface area contributed by atoms with Crippen LogP contribution in [0.25, 0.3) is 0 Å². The van der Waals surface area contributed by atoms with Gasteiger partial charge in [0.25, 0.3) is 0 Å². The van der Waals surface area contributed by atoms with E-state index in [2.05, 4.69) is 5.32 Å². The number of rotatable bonds is 5. The van der Waals surface area contributed by atoms with Crippen molar-refractivity contribution in [1.82, 2.24) is 5.32 Å². The summed E-state index contributed by atoms with van der Waals surface area (Å²) >= 11 is 0. The van der Waals surface area contributed by atoms with Crippen LogP contribution in [0.3, 0.4) is 0 Å². The number of likely N-dealkylation sites (N-methyl/N-ethyl adjacent to an activating group) is 1. The molecule has 1 N–H and O–H groups in total. The molecule has 0 aromatic carbocycles. The monoisotopic (exact) mass is 173 g/mol. The molecule has 1 unspecified atom stereocenters. The molecule has 0 aliphatic carbocycles. The first-order valence-corrected chi connectivity index (χ1v) is 4.46. The van der Waals surface area contributed by atoms with Crippen LogP contribution in [-0.2, 0) is 9.53 Å². The summed E-state index contributed by atoms with van der Waals surface area (Å²) in [5.74, 6) is -0.145. The highest BCUT2D eigenvalue weighted by molar-refractivity contribution is 5.71. The van der Waals surface area contributed by atoms with E-state index < -0.39 is 0 Å². The second-order valence-electron chi connectivity index (χ2n) is 3.18. The van der Waals surface area contributed by atoms with Crippen molar-refractivity contribution >= 4 is 5.97 Å². The molecule has 0 aromatic rings. The van der Waals surface area contributed by atoms with Crippen LogP contribution in [0.5, 0.6) is 0 Å². The molecule has 3 heteroatoms. The summed E-state index contributed by atoms with van der Waals surface area (Å²) in [4.78, 5) is 11.1. The Balaban J connectivity index is 3.77. The van der Waals surface area contributed by atoms with Crippen LogP contribution < -0.4 is 5.32 Å². The fraction of sp³-hybridized carbons (Fsp3) is 0.889. The average Bonchev–Trinajstić information content (AvgIpc) is 2.03. The van der Waals surface area contributed by atoms with Gasteiger partial charge < -0.3 is 10.1 Å². The van der Waals surface area contributed by atoms with E-state index in [1.807, 2.05) is 27.8 Å². The number of carbonyl (C=O) groups is 1. The molecule has 1 atom stereocenters. The Hall–Kier alpha value is -0.570. The number of carbonyl (C=O) groups excluding carboxylic acids is 1. The number of hydrogen-bond acceptors (Lipinski definition) is 3. The molecule has 72 valence electrons. The summed E-state index contributed by atoms with van der Waals surface area (Å²) < 4.78 is 5.20. The van der Waals surface area contributed by atoms with E-state index in [4.69, 9.17) is 4.74 Å². The number of nitrogens with one attached hydrogen (secondary N) is 1. The molecule has 0 spiro atoms. The van der Waals surface area contributed by atoms with Crippen molar-refractivity contribution in [3.8, 4) is 0 Å². The van der Waals surface area contributed by atoms with E-state index in [1.165, 1.54) is 0 Å². The lowest BCUT2D eigenvalue weighted by Crippen LogP contribution is -2.29. The van der Waals surface area contributed by atoms with Gasteiger partial charge in [0.2, 0.25) is 0 Å². The van der Waals surface area contributed by atoms with Crippen LogP contribution in [0.4, 0.5) is 0 Å². The van der Waals surface area contributed by atoms with Crippen LogP contribution in [0, 0.1) is 5.92 Å². The predicted octanol–water partition coefficient (Wildman–Crippen LogP) is 1.18. The normalized spacial score (nSPS) is 13.1. The highest BCUT2D eigenvalue weighted by Gasteiger charge is 2.14. The molecule has 3 nitrogen and oxygen atoms in total. The first kappa shape index (κ1) is 11.4. The zero-order valence-electron chi connectivity index (χ0n) is 8.39. The van der Waals surface area contributed by atoms with Crippen molar-refractivity contribution in [2.45, 2.75) is 33.3 Å². The minimum Gasteiger partial charge on any atom is -0.461 e. The summed E-state index contributed by atoms with van der Waals surface area (Å²) in [7, 11) is 1.85. The van der Waals surface area contributed by atoms with Crippen molar-refractivity contribution in [1.29, 1.82) is 0 Å². The minimum atomic E-state index is -0.114. The van der Waals surface area contributed by atoms with E-state index in [0.717, 1.165) is 13.0 Å². The van der Waals surface area contributed by atoms with Gasteiger partial charge in [-0.15, -0.1) is 0 Å². The van der Waals surface area contributed by atoms with Gasteiger partial charge in [0.05, 0.1) is 5.92 Å². The maximum Gasteiger partial charge on any atom is 0.308 e. The van der Waals surface area contributed by atoms with Gasteiger partial charge in [-0.2, -0.15) is 0 Å². The third-order valence-electron chi connectivity index (χ3n) is 1.64. The zero-order chi connectivity index (χ0) is 9.56. The van der Waals surface area contributed by atoms with E-state index in [9.17, 15) is 4.79 Å². The lowest BCUT2D eigenvalue weighted by atomic mass is 10.2. The molecule has 12 heavy (non-hydrogen) atoms. The molecule has 0 aliphatic rings. The number of ether oxygens (including phenoxy) is 1. The van der Waals surface area contributed by atoms with Crippen LogP contribution in [0.15, 0.2) is 0 Å². The zero-order valence-corrected chi connectivity index (χ0v) is 8.39. The largest absolute Gasteiger partial charge is 0.461 e. The Morgan fingerprint density at radius 3 is 2.42 bits per heavy atom. The number of esters is 1. The van der Waals surface area contributed by atoms with Gasteiger partial charge in [-0.3, -0.25) is 4.79 Å². The molecule has 0 rings (SSSR count). The molecule has 0 aromatic heterocycles. The summed E-state index contributed by atoms with van der Waals surface area (Å²) in [5, 5.41) is 2.99. The maximum absolute atomic E-state index is 11.1. The highest BCUT2D eigenvalue weighted by Crippen LogP contribution is 2.02. The lowest BCUT2D eigenvalue weighted by Gasteiger charge is -2.16. The molecule has 0 aliphatic heterocycles. The smallest absolute Gasteiger partial charge is 0.308 e. The molecular weight excluding hydrogens is 154 g/mol. The third-order valence-corrected chi connectivity index (χ3v) is 1.64. The van der Waals surface area contributed by atoms with E-state index >= 15 is 0 Å². The molecule has 0 amide bonds. The van der Waals surface area contributed by atoms with E-state index in [0.29, 0.717) is 0 Å². The Morgan fingerprint density at radius 2 is 2.08 bits per heavy atom. The summed E-state index contributed by atoms with van der Waals surface area (Å²) in [5.41, 5.74) is 0. The summed E-state index contributed by atoms with van der Waals surface area (Å²) in [6.07, 6.45) is 0.879. The molecule has 0 saturated carbocycles. The number of hydrogen-bond donors (Lipinski definition) is 1. The van der Waals surface area contributed by atoms with Crippen LogP contribution in [-0.4, -0.2) is 25.7 Å². The van der Waals surface area contributed by atoms with Crippen molar-refractivity contribution in [3.63, 3.8) is 0 Å². The second kappa shape index (κ2) is 6.00. The Labute approximate surface area is 74.5 Å². The maximum atomic E-state index is 11.1. The van der Waals surface area contributed by atoms with E-state index in [1.54, 1.807) is 0 Å². The minimum absolute atomic E-state index is 0.0184. The van der Waals surface area contributed by atoms with Gasteiger partial charge in [0.1, 0.15) is 6.10 Å². The molecular formula is C9H19NO2. The van der Waals surface area contributed by atoms with Crippen LogP contribution in [0.2, 0.25) is 0 Å². The Kier molecular flexibility index (Phi) is 5.72. The van der Waals surface area contributed by atoms with Crippen molar-refractivity contribution in [2.75, 3.05) is 13.6 Å². The van der Waals surface area contributed by atoms with Gasteiger partial charge in [-0.05, 0) is 13.5 Å². The fourth-order valence-electron chi connectivity index (χ4n) is 0.797. The fourth-order valence-corrected chi connectivity index (χ4v) is 0.797. The SMILES string of the molecule is CCC(CNC)OC(=O)C(C)C. The second-order valence-corrected chi connectivity index (χ2v) is 3.18. The predicted molar refractivity (Wildman–Crippen MR) is 48.9 cm³/mol. The first-order valence-electron chi connectivity index (χ1n) is 4.46. The average molecular weight is 173 g/mol. The topological polar surface area (TPSA) is 38.3 Å². The van der Waals surface area contributed by atoms with Gasteiger partial charge in [-0.25, -0.2) is 0 Å². The molecule has 0 bridgehead atoms. The first-order chi connectivity index (χ1) is 5.61. The van der Waals surface area contributed by atoms with E-state index in [-0.39, 0.29) is 18.0 Å². The summed E-state index contributed by atoms with van der Waals surface area (Å²) in [6, 6.07) is 0. The van der Waals surface area contributed by atoms with Crippen molar-refractivity contribution in [3.05, 3.63) is 0 Å². The molecule has 0 saturated heterocycles. The van der Waals surface area contributed by atoms with Gasteiger partial charge >= 0.3 is 5.97 Å². The van der Waals surface area contributed by atoms with Gasteiger partial charge in [0, 0.05) is 6.54 Å². The van der Waals surface area contributed by atoms with Crippen LogP contribution in [0.1, 0.15) is 27.2 Å². The third kappa shape index (κ3) is 4.34. The van der Waals surface area contributed by atoms with Crippen molar-refractivity contribution < 1.29 is 9.53 Å². The quantitative estimate of drug-likeness (QED) is 0.634. The van der Waals surface area contributed by atoms with Gasteiger partial charge in [0.15, 0.2) is 0 Å². The Bertz CT molecular complexity index is 134. The lowest BCUT2D eigenvalue weighted by molar-refractivity contribution is -0.152.